The third-order valence-electron chi connectivity index (χ3n) is 5.64. The molecule has 0 bridgehead atoms. The molecule has 1 fully saturated rings. The number of nitrogens with two attached hydrogens (primary N) is 1. The topological polar surface area (TPSA) is 89.3 Å². The summed E-state index contributed by atoms with van der Waals surface area (Å²) in [6.07, 6.45) is 2.94. The maximum absolute atomic E-state index is 12.8. The van der Waals surface area contributed by atoms with Crippen LogP contribution in [0, 0.1) is 0 Å². The van der Waals surface area contributed by atoms with Gasteiger partial charge in [0.2, 0.25) is 5.91 Å². The summed E-state index contributed by atoms with van der Waals surface area (Å²) in [5, 5.41) is 4.82. The van der Waals surface area contributed by atoms with Crippen LogP contribution in [-0.4, -0.2) is 23.1 Å². The number of carbonyl (C=O) groups excluding carboxylic acids is 3. The SMILES string of the molecule is CC(=O)c1ccc(-c2cccc3cc(C(=O)NC4(C(N)=O)CCCC4)ccc23)s1. The molecule has 0 aliphatic heterocycles. The van der Waals surface area contributed by atoms with Gasteiger partial charge >= 0.3 is 0 Å². The number of fused-ring (bicyclic) bond motifs is 1. The summed E-state index contributed by atoms with van der Waals surface area (Å²) < 4.78 is 0. The number of rotatable bonds is 5. The molecular weight excluding hydrogens is 384 g/mol. The molecule has 0 unspecified atom stereocenters. The van der Waals surface area contributed by atoms with Crippen molar-refractivity contribution in [3.05, 3.63) is 59.0 Å². The fraction of sp³-hybridized carbons (Fsp3) is 0.261. The van der Waals surface area contributed by atoms with Crippen LogP contribution in [0.2, 0.25) is 0 Å². The molecule has 148 valence electrons. The Hall–Kier alpha value is -2.99. The van der Waals surface area contributed by atoms with Gasteiger partial charge in [-0.3, -0.25) is 14.4 Å². The van der Waals surface area contributed by atoms with Gasteiger partial charge in [-0.2, -0.15) is 0 Å². The van der Waals surface area contributed by atoms with Crippen LogP contribution in [0.15, 0.2) is 48.5 Å². The minimum Gasteiger partial charge on any atom is -0.368 e. The third-order valence-corrected chi connectivity index (χ3v) is 6.86. The van der Waals surface area contributed by atoms with Gasteiger partial charge in [0, 0.05) is 10.4 Å². The first-order valence-corrected chi connectivity index (χ1v) is 10.5. The molecule has 5 nitrogen and oxygen atoms in total. The Labute approximate surface area is 172 Å². The Morgan fingerprint density at radius 1 is 1.03 bits per heavy atom. The van der Waals surface area contributed by atoms with Gasteiger partial charge in [0.25, 0.3) is 5.91 Å². The summed E-state index contributed by atoms with van der Waals surface area (Å²) in [6, 6.07) is 15.2. The van der Waals surface area contributed by atoms with Gasteiger partial charge in [-0.1, -0.05) is 37.1 Å². The van der Waals surface area contributed by atoms with Crippen molar-refractivity contribution < 1.29 is 14.4 Å². The van der Waals surface area contributed by atoms with E-state index in [0.29, 0.717) is 18.4 Å². The molecular formula is C23H22N2O3S. The molecule has 0 atom stereocenters. The molecule has 0 saturated heterocycles. The first-order valence-electron chi connectivity index (χ1n) is 9.66. The molecule has 1 aliphatic rings. The summed E-state index contributed by atoms with van der Waals surface area (Å²) in [7, 11) is 0. The van der Waals surface area contributed by atoms with Crippen LogP contribution in [0.1, 0.15) is 52.6 Å². The number of hydrogen-bond donors (Lipinski definition) is 2. The number of carbonyl (C=O) groups is 3. The Bertz CT molecular complexity index is 1130. The van der Waals surface area contributed by atoms with Gasteiger partial charge in [-0.05, 0) is 60.4 Å². The second-order valence-electron chi connectivity index (χ2n) is 7.57. The quantitative estimate of drug-likeness (QED) is 0.619. The Morgan fingerprint density at radius 3 is 2.45 bits per heavy atom. The zero-order valence-corrected chi connectivity index (χ0v) is 17.0. The summed E-state index contributed by atoms with van der Waals surface area (Å²) >= 11 is 1.46. The standard InChI is InChI=1S/C23H22N2O3S/c1-14(26)19-9-10-20(29-19)18-6-4-5-15-13-16(7-8-17(15)18)21(27)25-23(22(24)28)11-2-3-12-23/h4-10,13H,2-3,11-12H2,1H3,(H2,24,28)(H,25,27). The van der Waals surface area contributed by atoms with E-state index in [1.54, 1.807) is 13.0 Å². The minimum absolute atomic E-state index is 0.0516. The summed E-state index contributed by atoms with van der Waals surface area (Å²) in [6.45, 7) is 1.56. The van der Waals surface area contributed by atoms with Crippen LogP contribution in [0.25, 0.3) is 21.2 Å². The van der Waals surface area contributed by atoms with Crippen molar-refractivity contribution in [1.29, 1.82) is 0 Å². The van der Waals surface area contributed by atoms with E-state index in [-0.39, 0.29) is 11.7 Å². The maximum atomic E-state index is 12.8. The van der Waals surface area contributed by atoms with E-state index in [1.807, 2.05) is 42.5 Å². The lowest BCUT2D eigenvalue weighted by molar-refractivity contribution is -0.123. The molecule has 3 N–H and O–H groups in total. The Morgan fingerprint density at radius 2 is 1.79 bits per heavy atom. The molecule has 2 aromatic carbocycles. The van der Waals surface area contributed by atoms with Crippen molar-refractivity contribution in [3.63, 3.8) is 0 Å². The first kappa shape index (κ1) is 19.3. The summed E-state index contributed by atoms with van der Waals surface area (Å²) in [5.74, 6) is -0.700. The van der Waals surface area contributed by atoms with Crippen molar-refractivity contribution in [3.8, 4) is 10.4 Å². The molecule has 1 aliphatic carbocycles. The Balaban J connectivity index is 1.67. The van der Waals surface area contributed by atoms with Gasteiger partial charge in [0.05, 0.1) is 4.88 Å². The number of thiophene rings is 1. The Kier molecular flexibility index (Phi) is 4.96. The number of nitrogens with one attached hydrogen (secondary N) is 1. The van der Waals surface area contributed by atoms with E-state index in [4.69, 9.17) is 5.73 Å². The lowest BCUT2D eigenvalue weighted by Gasteiger charge is -2.26. The molecule has 2 amide bonds. The number of ketones is 1. The molecule has 1 saturated carbocycles. The molecule has 3 aromatic rings. The number of primary amides is 1. The van der Waals surface area contributed by atoms with Crippen LogP contribution >= 0.6 is 11.3 Å². The van der Waals surface area contributed by atoms with Crippen LogP contribution in [0.4, 0.5) is 0 Å². The lowest BCUT2D eigenvalue weighted by atomic mass is 9.95. The fourth-order valence-electron chi connectivity index (χ4n) is 4.01. The monoisotopic (exact) mass is 406 g/mol. The summed E-state index contributed by atoms with van der Waals surface area (Å²) in [4.78, 5) is 38.1. The lowest BCUT2D eigenvalue weighted by Crippen LogP contribution is -2.55. The van der Waals surface area contributed by atoms with Gasteiger partial charge < -0.3 is 11.1 Å². The fourth-order valence-corrected chi connectivity index (χ4v) is 4.95. The molecule has 0 spiro atoms. The maximum Gasteiger partial charge on any atom is 0.252 e. The van der Waals surface area contributed by atoms with Crippen LogP contribution in [0.5, 0.6) is 0 Å². The molecule has 4 rings (SSSR count). The number of hydrogen-bond acceptors (Lipinski definition) is 4. The number of amides is 2. The average molecular weight is 407 g/mol. The van der Waals surface area contributed by atoms with E-state index >= 15 is 0 Å². The highest BCUT2D eigenvalue weighted by molar-refractivity contribution is 7.17. The van der Waals surface area contributed by atoms with Gasteiger partial charge in [-0.25, -0.2) is 0 Å². The van der Waals surface area contributed by atoms with Gasteiger partial charge in [-0.15, -0.1) is 11.3 Å². The molecule has 29 heavy (non-hydrogen) atoms. The van der Waals surface area contributed by atoms with Crippen LogP contribution in [-0.2, 0) is 4.79 Å². The first-order chi connectivity index (χ1) is 13.9. The van der Waals surface area contributed by atoms with Gasteiger partial charge in [0.15, 0.2) is 5.78 Å². The minimum atomic E-state index is -0.937. The van der Waals surface area contributed by atoms with E-state index in [2.05, 4.69) is 5.32 Å². The molecule has 1 aromatic heterocycles. The van der Waals surface area contributed by atoms with E-state index in [9.17, 15) is 14.4 Å². The van der Waals surface area contributed by atoms with E-state index < -0.39 is 11.4 Å². The average Bonchev–Trinajstić information content (AvgIpc) is 3.37. The zero-order valence-electron chi connectivity index (χ0n) is 16.2. The number of benzene rings is 2. The smallest absolute Gasteiger partial charge is 0.252 e. The molecule has 0 radical (unpaired) electrons. The van der Waals surface area contributed by atoms with Crippen LogP contribution in [0.3, 0.4) is 0 Å². The van der Waals surface area contributed by atoms with Crippen LogP contribution < -0.4 is 11.1 Å². The third kappa shape index (κ3) is 3.56. The largest absolute Gasteiger partial charge is 0.368 e. The van der Waals surface area contributed by atoms with E-state index in [0.717, 1.165) is 38.9 Å². The second kappa shape index (κ2) is 7.44. The van der Waals surface area contributed by atoms with Crippen molar-refractivity contribution in [2.24, 2.45) is 5.73 Å². The van der Waals surface area contributed by atoms with Gasteiger partial charge in [0.1, 0.15) is 5.54 Å². The highest BCUT2D eigenvalue weighted by atomic mass is 32.1. The summed E-state index contributed by atoms with van der Waals surface area (Å²) in [5.41, 5.74) is 6.17. The second-order valence-corrected chi connectivity index (χ2v) is 8.65. The number of Topliss-reactive ketones (excluding diaryl/α,β-unsaturated/α-hetero) is 1. The normalized spacial score (nSPS) is 15.3. The predicted octanol–water partition coefficient (Wildman–Crippen LogP) is 4.30. The zero-order chi connectivity index (χ0) is 20.6. The molecule has 6 heteroatoms. The van der Waals surface area contributed by atoms with Crippen molar-refractivity contribution >= 4 is 39.7 Å². The molecule has 1 heterocycles. The van der Waals surface area contributed by atoms with Crippen molar-refractivity contribution in [1.82, 2.24) is 5.32 Å². The highest BCUT2D eigenvalue weighted by Crippen LogP contribution is 2.35. The van der Waals surface area contributed by atoms with E-state index in [1.165, 1.54) is 11.3 Å². The van der Waals surface area contributed by atoms with Crippen molar-refractivity contribution in [2.75, 3.05) is 0 Å². The van der Waals surface area contributed by atoms with Crippen molar-refractivity contribution in [2.45, 2.75) is 38.1 Å². The predicted molar refractivity (Wildman–Crippen MR) is 115 cm³/mol. The highest BCUT2D eigenvalue weighted by Gasteiger charge is 2.41.